The fourth-order valence-corrected chi connectivity index (χ4v) is 1.53. The van der Waals surface area contributed by atoms with Crippen LogP contribution in [0.5, 0.6) is 0 Å². The minimum Gasteiger partial charge on any atom is -0.351 e. The molecule has 2 rings (SSSR count). The van der Waals surface area contributed by atoms with Gasteiger partial charge in [-0.25, -0.2) is 0 Å². The monoisotopic (exact) mass is 264 g/mol. The Morgan fingerprint density at radius 2 is 2.11 bits per heavy atom. The zero-order chi connectivity index (χ0) is 14.0. The van der Waals surface area contributed by atoms with Gasteiger partial charge in [0.05, 0.1) is 5.69 Å². The topological polar surface area (TPSA) is 85.3 Å². The molecule has 0 radical (unpaired) electrons. The van der Waals surface area contributed by atoms with Crippen LogP contribution >= 0.6 is 0 Å². The van der Waals surface area contributed by atoms with Crippen molar-refractivity contribution >= 4 is 5.91 Å². The zero-order valence-corrected chi connectivity index (χ0v) is 11.4. The van der Waals surface area contributed by atoms with E-state index in [2.05, 4.69) is 15.3 Å². The molecular weight excluding hydrogens is 248 g/mol. The van der Waals surface area contributed by atoms with Crippen LogP contribution in [0.25, 0.3) is 0 Å². The van der Waals surface area contributed by atoms with E-state index in [1.807, 2.05) is 13.8 Å². The van der Waals surface area contributed by atoms with E-state index in [0.717, 1.165) is 5.69 Å². The van der Waals surface area contributed by atoms with Crippen molar-refractivity contribution < 1.29 is 13.8 Å². The van der Waals surface area contributed by atoms with E-state index in [9.17, 15) is 4.79 Å². The number of aryl methyl sites for hydroxylation is 1. The first kappa shape index (κ1) is 13.3. The van der Waals surface area contributed by atoms with Crippen molar-refractivity contribution in [3.8, 4) is 0 Å². The third kappa shape index (κ3) is 2.98. The molecule has 2 heterocycles. The fourth-order valence-electron chi connectivity index (χ4n) is 1.53. The highest BCUT2D eigenvalue weighted by molar-refractivity contribution is 5.91. The van der Waals surface area contributed by atoms with E-state index >= 15 is 0 Å². The molecule has 2 aromatic rings. The molecule has 0 unspecified atom stereocenters. The lowest BCUT2D eigenvalue weighted by Gasteiger charge is -2.11. The Labute approximate surface area is 110 Å². The van der Waals surface area contributed by atoms with Crippen molar-refractivity contribution in [1.29, 1.82) is 0 Å². The van der Waals surface area contributed by atoms with Crippen molar-refractivity contribution in [3.05, 3.63) is 29.2 Å². The van der Waals surface area contributed by atoms with Crippen LogP contribution in [0.4, 0.5) is 0 Å². The normalized spacial score (nSPS) is 11.0. The number of rotatable bonds is 4. The summed E-state index contributed by atoms with van der Waals surface area (Å²) in [5.74, 6) is 1.08. The second kappa shape index (κ2) is 5.21. The van der Waals surface area contributed by atoms with Crippen molar-refractivity contribution in [3.63, 3.8) is 0 Å². The van der Waals surface area contributed by atoms with Gasteiger partial charge in [-0.05, 0) is 12.8 Å². The molecule has 0 aliphatic heterocycles. The van der Waals surface area contributed by atoms with Gasteiger partial charge in [0, 0.05) is 13.1 Å². The van der Waals surface area contributed by atoms with Crippen molar-refractivity contribution in [2.75, 3.05) is 7.05 Å². The van der Waals surface area contributed by atoms with E-state index in [1.165, 1.54) is 4.90 Å². The minimum absolute atomic E-state index is 0.211. The maximum absolute atomic E-state index is 12.1. The Bertz CT molecular complexity index is 573. The van der Waals surface area contributed by atoms with Gasteiger partial charge in [0.2, 0.25) is 11.7 Å². The summed E-state index contributed by atoms with van der Waals surface area (Å²) in [5.41, 5.74) is 0.755. The first-order valence-corrected chi connectivity index (χ1v) is 5.98. The number of carbonyl (C=O) groups is 1. The molecule has 0 aliphatic carbocycles. The highest BCUT2D eigenvalue weighted by Crippen LogP contribution is 2.15. The summed E-state index contributed by atoms with van der Waals surface area (Å²) in [7, 11) is 1.64. The van der Waals surface area contributed by atoms with Crippen LogP contribution in [0.2, 0.25) is 0 Å². The highest BCUT2D eigenvalue weighted by atomic mass is 16.5. The molecule has 7 nitrogen and oxygen atoms in total. The van der Waals surface area contributed by atoms with E-state index in [-0.39, 0.29) is 24.1 Å². The largest absolute Gasteiger partial charge is 0.351 e. The van der Waals surface area contributed by atoms with Gasteiger partial charge in [-0.2, -0.15) is 4.98 Å². The Morgan fingerprint density at radius 1 is 1.37 bits per heavy atom. The molecule has 1 amide bonds. The Balaban J connectivity index is 2.05. The van der Waals surface area contributed by atoms with Crippen LogP contribution in [0, 0.1) is 6.92 Å². The number of nitrogens with zero attached hydrogens (tertiary/aromatic N) is 4. The average molecular weight is 264 g/mol. The highest BCUT2D eigenvalue weighted by Gasteiger charge is 2.20. The van der Waals surface area contributed by atoms with Crippen LogP contribution in [-0.2, 0) is 6.54 Å². The average Bonchev–Trinajstić information content (AvgIpc) is 2.97. The Kier molecular flexibility index (Phi) is 3.64. The third-order valence-electron chi connectivity index (χ3n) is 2.62. The van der Waals surface area contributed by atoms with Gasteiger partial charge in [0.15, 0.2) is 5.82 Å². The lowest BCUT2D eigenvalue weighted by molar-refractivity contribution is 0.0728. The lowest BCUT2D eigenvalue weighted by Crippen LogP contribution is -2.26. The van der Waals surface area contributed by atoms with Gasteiger partial charge in [-0.1, -0.05) is 24.2 Å². The van der Waals surface area contributed by atoms with Crippen LogP contribution < -0.4 is 0 Å². The van der Waals surface area contributed by atoms with Gasteiger partial charge in [-0.15, -0.1) is 0 Å². The number of hydrogen-bond donors (Lipinski definition) is 0. The van der Waals surface area contributed by atoms with Gasteiger partial charge < -0.3 is 13.9 Å². The fraction of sp³-hybridized carbons (Fsp3) is 0.500. The number of aromatic nitrogens is 3. The first-order valence-electron chi connectivity index (χ1n) is 5.98. The minimum atomic E-state index is -0.268. The summed E-state index contributed by atoms with van der Waals surface area (Å²) in [6.45, 7) is 5.92. The molecule has 0 spiro atoms. The maximum Gasteiger partial charge on any atom is 0.292 e. The lowest BCUT2D eigenvalue weighted by atomic mass is 10.1. The predicted octanol–water partition coefficient (Wildman–Crippen LogP) is 1.76. The molecule has 102 valence electrons. The summed E-state index contributed by atoms with van der Waals surface area (Å²) in [6.07, 6.45) is 0. The molecule has 0 aromatic carbocycles. The molecular formula is C12H16N4O3. The first-order chi connectivity index (χ1) is 8.97. The van der Waals surface area contributed by atoms with Crippen LogP contribution in [0.15, 0.2) is 15.1 Å². The summed E-state index contributed by atoms with van der Waals surface area (Å²) >= 11 is 0. The number of carbonyl (C=O) groups excluding carboxylic acids is 1. The van der Waals surface area contributed by atoms with Crippen LogP contribution in [-0.4, -0.2) is 33.2 Å². The van der Waals surface area contributed by atoms with Gasteiger partial charge in [0.25, 0.3) is 5.91 Å². The third-order valence-corrected chi connectivity index (χ3v) is 2.62. The van der Waals surface area contributed by atoms with Crippen molar-refractivity contribution in [1.82, 2.24) is 20.2 Å². The summed E-state index contributed by atoms with van der Waals surface area (Å²) < 4.78 is 10.0. The molecule has 0 aliphatic rings. The predicted molar refractivity (Wildman–Crippen MR) is 65.4 cm³/mol. The van der Waals surface area contributed by atoms with E-state index in [1.54, 1.807) is 20.0 Å². The summed E-state index contributed by atoms with van der Waals surface area (Å²) in [4.78, 5) is 17.6. The van der Waals surface area contributed by atoms with E-state index < -0.39 is 0 Å². The molecule has 0 atom stereocenters. The zero-order valence-electron chi connectivity index (χ0n) is 11.4. The second-order valence-electron chi connectivity index (χ2n) is 4.67. The van der Waals surface area contributed by atoms with Gasteiger partial charge >= 0.3 is 0 Å². The molecule has 0 bridgehead atoms. The van der Waals surface area contributed by atoms with Gasteiger partial charge in [0.1, 0.15) is 6.54 Å². The molecule has 0 saturated carbocycles. The Hall–Kier alpha value is -2.18. The molecule has 0 N–H and O–H groups in total. The maximum atomic E-state index is 12.1. The summed E-state index contributed by atoms with van der Waals surface area (Å²) in [5, 5.41) is 7.53. The second-order valence-corrected chi connectivity index (χ2v) is 4.67. The van der Waals surface area contributed by atoms with E-state index in [4.69, 9.17) is 9.05 Å². The summed E-state index contributed by atoms with van der Waals surface area (Å²) in [6, 6.07) is 1.66. The molecule has 19 heavy (non-hydrogen) atoms. The molecule has 7 heteroatoms. The number of amides is 1. The van der Waals surface area contributed by atoms with Crippen LogP contribution in [0.3, 0.4) is 0 Å². The molecule has 0 fully saturated rings. The van der Waals surface area contributed by atoms with Gasteiger partial charge in [-0.3, -0.25) is 4.79 Å². The quantitative estimate of drug-likeness (QED) is 0.836. The van der Waals surface area contributed by atoms with E-state index in [0.29, 0.717) is 11.7 Å². The Morgan fingerprint density at radius 3 is 2.63 bits per heavy atom. The van der Waals surface area contributed by atoms with Crippen molar-refractivity contribution in [2.24, 2.45) is 0 Å². The molecule has 0 saturated heterocycles. The number of hydrogen-bond acceptors (Lipinski definition) is 6. The smallest absolute Gasteiger partial charge is 0.292 e. The SMILES string of the molecule is Cc1noc(CN(C)C(=O)c2cc(C(C)C)no2)n1. The standard InChI is InChI=1S/C12H16N4O3/c1-7(2)9-5-10(18-15-9)12(17)16(4)6-11-13-8(3)14-19-11/h5,7H,6H2,1-4H3. The molecule has 2 aromatic heterocycles. The van der Waals surface area contributed by atoms with Crippen molar-refractivity contribution in [2.45, 2.75) is 33.2 Å². The van der Waals surface area contributed by atoms with Crippen LogP contribution in [0.1, 0.15) is 47.7 Å².